The molecule has 2 aromatic carbocycles. The van der Waals surface area contributed by atoms with Gasteiger partial charge in [0, 0.05) is 19.5 Å². The minimum Gasteiger partial charge on any atom is -0.356 e. The first-order chi connectivity index (χ1) is 13.1. The summed E-state index contributed by atoms with van der Waals surface area (Å²) >= 11 is 0. The second-order valence-corrected chi connectivity index (χ2v) is 9.42. The standard InChI is InChI=1S/C21H27FN2O3S/c1-21(2,3)17-7-9-19(10-8-17)28(26,27)24-14-12-20(25)23-13-11-16-5-4-6-18(22)15-16/h4-10,15,24H,11-14H2,1-3H3,(H,23,25). The number of carbonyl (C=O) groups is 1. The Bertz CT molecular complexity index is 904. The van der Waals surface area contributed by atoms with Crippen LogP contribution < -0.4 is 10.0 Å². The maximum Gasteiger partial charge on any atom is 0.240 e. The van der Waals surface area contributed by atoms with Gasteiger partial charge in [0.15, 0.2) is 0 Å². The van der Waals surface area contributed by atoms with E-state index >= 15 is 0 Å². The Balaban J connectivity index is 1.77. The highest BCUT2D eigenvalue weighted by atomic mass is 32.2. The third kappa shape index (κ3) is 6.73. The fraction of sp³-hybridized carbons (Fsp3) is 0.381. The smallest absolute Gasteiger partial charge is 0.240 e. The number of benzene rings is 2. The van der Waals surface area contributed by atoms with Gasteiger partial charge >= 0.3 is 0 Å². The highest BCUT2D eigenvalue weighted by Gasteiger charge is 2.17. The van der Waals surface area contributed by atoms with Crippen LogP contribution in [-0.4, -0.2) is 27.4 Å². The molecule has 0 atom stereocenters. The van der Waals surface area contributed by atoms with Gasteiger partial charge in [0.2, 0.25) is 15.9 Å². The Kier molecular flexibility index (Phi) is 7.32. The van der Waals surface area contributed by atoms with E-state index in [1.807, 2.05) is 0 Å². The van der Waals surface area contributed by atoms with Crippen molar-refractivity contribution in [1.82, 2.24) is 10.0 Å². The molecule has 0 spiro atoms. The van der Waals surface area contributed by atoms with Gasteiger partial charge in [0.1, 0.15) is 5.82 Å². The predicted octanol–water partition coefficient (Wildman–Crippen LogP) is 3.15. The van der Waals surface area contributed by atoms with Crippen LogP contribution in [-0.2, 0) is 26.7 Å². The molecule has 0 unspecified atom stereocenters. The van der Waals surface area contributed by atoms with Crippen molar-refractivity contribution in [3.63, 3.8) is 0 Å². The summed E-state index contributed by atoms with van der Waals surface area (Å²) in [5.74, 6) is -0.573. The van der Waals surface area contributed by atoms with Crippen LogP contribution in [0.2, 0.25) is 0 Å². The Morgan fingerprint density at radius 1 is 1.04 bits per heavy atom. The quantitative estimate of drug-likeness (QED) is 0.707. The zero-order valence-electron chi connectivity index (χ0n) is 16.5. The molecule has 1 amide bonds. The Morgan fingerprint density at radius 3 is 2.32 bits per heavy atom. The van der Waals surface area contributed by atoms with Gasteiger partial charge in [-0.25, -0.2) is 17.5 Å². The molecule has 2 rings (SSSR count). The van der Waals surface area contributed by atoms with E-state index < -0.39 is 10.0 Å². The van der Waals surface area contributed by atoms with Gasteiger partial charge in [0.25, 0.3) is 0 Å². The number of carbonyl (C=O) groups excluding carboxylic acids is 1. The summed E-state index contributed by atoms with van der Waals surface area (Å²) in [6, 6.07) is 12.9. The molecule has 5 nitrogen and oxygen atoms in total. The first kappa shape index (κ1) is 22.0. The number of hydrogen-bond donors (Lipinski definition) is 2. The maximum atomic E-state index is 13.1. The van der Waals surface area contributed by atoms with Gasteiger partial charge in [-0.2, -0.15) is 0 Å². The van der Waals surface area contributed by atoms with Gasteiger partial charge in [-0.1, -0.05) is 45.0 Å². The van der Waals surface area contributed by atoms with Gasteiger partial charge < -0.3 is 5.32 Å². The Labute approximate surface area is 166 Å². The average molecular weight is 407 g/mol. The van der Waals surface area contributed by atoms with Gasteiger partial charge in [-0.3, -0.25) is 4.79 Å². The monoisotopic (exact) mass is 406 g/mol. The van der Waals surface area contributed by atoms with Crippen LogP contribution in [0, 0.1) is 5.82 Å². The summed E-state index contributed by atoms with van der Waals surface area (Å²) in [7, 11) is -3.66. The summed E-state index contributed by atoms with van der Waals surface area (Å²) in [5.41, 5.74) is 1.78. The number of amides is 1. The lowest BCUT2D eigenvalue weighted by Crippen LogP contribution is -2.31. The van der Waals surface area contributed by atoms with Crippen LogP contribution in [0.5, 0.6) is 0 Å². The van der Waals surface area contributed by atoms with Crippen molar-refractivity contribution in [3.8, 4) is 0 Å². The lowest BCUT2D eigenvalue weighted by molar-refractivity contribution is -0.120. The molecule has 0 aliphatic carbocycles. The molecule has 0 aromatic heterocycles. The number of halogens is 1. The molecule has 0 heterocycles. The van der Waals surface area contributed by atoms with Gasteiger partial charge in [0.05, 0.1) is 4.90 Å². The molecule has 7 heteroatoms. The van der Waals surface area contributed by atoms with Gasteiger partial charge in [-0.15, -0.1) is 0 Å². The number of rotatable bonds is 8. The second kappa shape index (κ2) is 9.30. The molecule has 0 saturated carbocycles. The van der Waals surface area contributed by atoms with Crippen LogP contribution >= 0.6 is 0 Å². The second-order valence-electron chi connectivity index (χ2n) is 7.65. The molecule has 2 aromatic rings. The topological polar surface area (TPSA) is 75.3 Å². The van der Waals surface area contributed by atoms with Crippen LogP contribution in [0.3, 0.4) is 0 Å². The fourth-order valence-corrected chi connectivity index (χ4v) is 3.68. The van der Waals surface area contributed by atoms with Crippen molar-refractivity contribution >= 4 is 15.9 Å². The van der Waals surface area contributed by atoms with Crippen molar-refractivity contribution in [2.24, 2.45) is 0 Å². The van der Waals surface area contributed by atoms with Crippen molar-refractivity contribution < 1.29 is 17.6 Å². The summed E-state index contributed by atoms with van der Waals surface area (Å²) in [6.45, 7) is 6.55. The van der Waals surface area contributed by atoms with E-state index in [-0.39, 0.29) is 35.0 Å². The molecule has 0 aliphatic rings. The average Bonchev–Trinajstić information content (AvgIpc) is 2.61. The van der Waals surface area contributed by atoms with E-state index in [2.05, 4.69) is 30.8 Å². The highest BCUT2D eigenvalue weighted by molar-refractivity contribution is 7.89. The predicted molar refractivity (Wildman–Crippen MR) is 108 cm³/mol. The first-order valence-corrected chi connectivity index (χ1v) is 10.7. The van der Waals surface area contributed by atoms with E-state index in [0.717, 1.165) is 11.1 Å². The zero-order valence-corrected chi connectivity index (χ0v) is 17.3. The van der Waals surface area contributed by atoms with Crippen molar-refractivity contribution in [2.75, 3.05) is 13.1 Å². The van der Waals surface area contributed by atoms with E-state index in [1.165, 1.54) is 12.1 Å². The minimum absolute atomic E-state index is 0.00908. The first-order valence-electron chi connectivity index (χ1n) is 9.19. The van der Waals surface area contributed by atoms with E-state index in [9.17, 15) is 17.6 Å². The largest absolute Gasteiger partial charge is 0.356 e. The third-order valence-corrected chi connectivity index (χ3v) is 5.78. The summed E-state index contributed by atoms with van der Waals surface area (Å²) in [4.78, 5) is 12.0. The number of hydrogen-bond acceptors (Lipinski definition) is 3. The van der Waals surface area contributed by atoms with Crippen LogP contribution in [0.15, 0.2) is 53.4 Å². The molecule has 0 fully saturated rings. The molecule has 0 aliphatic heterocycles. The molecule has 0 radical (unpaired) electrons. The minimum atomic E-state index is -3.66. The fourth-order valence-electron chi connectivity index (χ4n) is 2.64. The highest BCUT2D eigenvalue weighted by Crippen LogP contribution is 2.23. The molecule has 152 valence electrons. The lowest BCUT2D eigenvalue weighted by Gasteiger charge is -2.19. The third-order valence-electron chi connectivity index (χ3n) is 4.30. The molecule has 28 heavy (non-hydrogen) atoms. The molecule has 0 bridgehead atoms. The zero-order chi connectivity index (χ0) is 20.8. The van der Waals surface area contributed by atoms with Crippen molar-refractivity contribution in [3.05, 3.63) is 65.5 Å². The molecular weight excluding hydrogens is 379 g/mol. The van der Waals surface area contributed by atoms with E-state index in [0.29, 0.717) is 13.0 Å². The Morgan fingerprint density at radius 2 is 1.71 bits per heavy atom. The molecule has 2 N–H and O–H groups in total. The maximum absolute atomic E-state index is 13.1. The van der Waals surface area contributed by atoms with Crippen molar-refractivity contribution in [2.45, 2.75) is 43.9 Å². The normalized spacial score (nSPS) is 12.0. The lowest BCUT2D eigenvalue weighted by atomic mass is 9.87. The molecular formula is C21H27FN2O3S. The Hall–Kier alpha value is -2.25. The summed E-state index contributed by atoms with van der Waals surface area (Å²) in [6.07, 6.45) is 0.539. The summed E-state index contributed by atoms with van der Waals surface area (Å²) < 4.78 is 40.2. The summed E-state index contributed by atoms with van der Waals surface area (Å²) in [5, 5.41) is 2.70. The van der Waals surface area contributed by atoms with Crippen LogP contribution in [0.25, 0.3) is 0 Å². The SMILES string of the molecule is CC(C)(C)c1ccc(S(=O)(=O)NCCC(=O)NCCc2cccc(F)c2)cc1. The number of nitrogens with one attached hydrogen (secondary N) is 2. The number of sulfonamides is 1. The van der Waals surface area contributed by atoms with Crippen LogP contribution in [0.1, 0.15) is 38.3 Å². The van der Waals surface area contributed by atoms with E-state index in [4.69, 9.17) is 0 Å². The van der Waals surface area contributed by atoms with Crippen molar-refractivity contribution in [1.29, 1.82) is 0 Å². The van der Waals surface area contributed by atoms with Gasteiger partial charge in [-0.05, 0) is 47.2 Å². The van der Waals surface area contributed by atoms with E-state index in [1.54, 1.807) is 36.4 Å². The molecule has 0 saturated heterocycles. The van der Waals surface area contributed by atoms with Crippen LogP contribution in [0.4, 0.5) is 4.39 Å².